The summed E-state index contributed by atoms with van der Waals surface area (Å²) in [6.07, 6.45) is 3.01. The molecule has 0 saturated carbocycles. The SMILES string of the molecule is COc1ccc(/C=C/C(=O)Nc2ccc([N+](=O)[O-])c(C)c2)cc1OC. The molecule has 7 nitrogen and oxygen atoms in total. The van der Waals surface area contributed by atoms with Crippen LogP contribution in [-0.4, -0.2) is 25.1 Å². The number of rotatable bonds is 6. The third-order valence-electron chi connectivity index (χ3n) is 3.50. The van der Waals surface area contributed by atoms with Crippen LogP contribution in [0.1, 0.15) is 11.1 Å². The lowest BCUT2D eigenvalue weighted by Crippen LogP contribution is -2.08. The fraction of sp³-hybridized carbons (Fsp3) is 0.167. The summed E-state index contributed by atoms with van der Waals surface area (Å²) in [6.45, 7) is 1.62. The summed E-state index contributed by atoms with van der Waals surface area (Å²) in [6, 6.07) is 9.70. The van der Waals surface area contributed by atoms with Crippen LogP contribution in [0.4, 0.5) is 11.4 Å². The van der Waals surface area contributed by atoms with Crippen LogP contribution in [-0.2, 0) is 4.79 Å². The smallest absolute Gasteiger partial charge is 0.272 e. The predicted octanol–water partition coefficient (Wildman–Crippen LogP) is 3.57. The minimum absolute atomic E-state index is 0.0128. The van der Waals surface area contributed by atoms with Crippen LogP contribution in [0.2, 0.25) is 0 Å². The molecule has 0 bridgehead atoms. The van der Waals surface area contributed by atoms with Crippen LogP contribution in [0, 0.1) is 17.0 Å². The zero-order valence-corrected chi connectivity index (χ0v) is 14.1. The molecule has 130 valence electrons. The highest BCUT2D eigenvalue weighted by atomic mass is 16.6. The number of benzene rings is 2. The van der Waals surface area contributed by atoms with Crippen molar-refractivity contribution in [1.29, 1.82) is 0 Å². The van der Waals surface area contributed by atoms with Gasteiger partial charge in [-0.2, -0.15) is 0 Å². The number of aryl methyl sites for hydroxylation is 1. The molecule has 1 amide bonds. The van der Waals surface area contributed by atoms with Crippen molar-refractivity contribution in [1.82, 2.24) is 0 Å². The Balaban J connectivity index is 2.08. The van der Waals surface area contributed by atoms with Gasteiger partial charge in [0.2, 0.25) is 5.91 Å². The standard InChI is InChI=1S/C18H18N2O5/c1-12-10-14(6-7-15(12)20(22)23)19-18(21)9-5-13-4-8-16(24-2)17(11-13)25-3/h4-11H,1-3H3,(H,19,21)/b9-5+. The van der Waals surface area contributed by atoms with Gasteiger partial charge in [-0.1, -0.05) is 6.07 Å². The van der Waals surface area contributed by atoms with E-state index in [1.807, 2.05) is 0 Å². The van der Waals surface area contributed by atoms with Gasteiger partial charge in [-0.3, -0.25) is 14.9 Å². The number of hydrogen-bond acceptors (Lipinski definition) is 5. The van der Waals surface area contributed by atoms with Crippen LogP contribution in [0.5, 0.6) is 11.5 Å². The van der Waals surface area contributed by atoms with Gasteiger partial charge in [0.15, 0.2) is 11.5 Å². The Morgan fingerprint density at radius 2 is 1.84 bits per heavy atom. The van der Waals surface area contributed by atoms with Gasteiger partial charge in [0.05, 0.1) is 19.1 Å². The molecule has 0 heterocycles. The molecular formula is C18H18N2O5. The molecule has 0 fully saturated rings. The fourth-order valence-electron chi connectivity index (χ4n) is 2.25. The van der Waals surface area contributed by atoms with E-state index in [0.717, 1.165) is 5.56 Å². The van der Waals surface area contributed by atoms with Crippen molar-refractivity contribution in [3.63, 3.8) is 0 Å². The predicted molar refractivity (Wildman–Crippen MR) is 95.0 cm³/mol. The van der Waals surface area contributed by atoms with Crippen molar-refractivity contribution in [2.24, 2.45) is 0 Å². The number of nitrogens with one attached hydrogen (secondary N) is 1. The second-order valence-electron chi connectivity index (χ2n) is 5.20. The normalized spacial score (nSPS) is 10.5. The molecule has 0 radical (unpaired) electrons. The maximum atomic E-state index is 12.0. The number of nitro groups is 1. The molecule has 25 heavy (non-hydrogen) atoms. The molecule has 2 rings (SSSR count). The van der Waals surface area contributed by atoms with E-state index in [4.69, 9.17) is 9.47 Å². The molecule has 2 aromatic rings. The van der Waals surface area contributed by atoms with E-state index < -0.39 is 4.92 Å². The lowest BCUT2D eigenvalue weighted by Gasteiger charge is -2.07. The molecule has 0 unspecified atom stereocenters. The molecular weight excluding hydrogens is 324 g/mol. The molecule has 1 N–H and O–H groups in total. The Bertz CT molecular complexity index is 830. The summed E-state index contributed by atoms with van der Waals surface area (Å²) in [5.74, 6) is 0.824. The van der Waals surface area contributed by atoms with Gasteiger partial charge in [-0.15, -0.1) is 0 Å². The van der Waals surface area contributed by atoms with Crippen molar-refractivity contribution in [2.75, 3.05) is 19.5 Å². The average molecular weight is 342 g/mol. The van der Waals surface area contributed by atoms with Crippen molar-refractivity contribution >= 4 is 23.4 Å². The van der Waals surface area contributed by atoms with Crippen LogP contribution in [0.15, 0.2) is 42.5 Å². The van der Waals surface area contributed by atoms with Crippen LogP contribution < -0.4 is 14.8 Å². The van der Waals surface area contributed by atoms with Gasteiger partial charge in [0.25, 0.3) is 5.69 Å². The van der Waals surface area contributed by atoms with Crippen molar-refractivity contribution < 1.29 is 19.2 Å². The highest BCUT2D eigenvalue weighted by Gasteiger charge is 2.10. The lowest BCUT2D eigenvalue weighted by atomic mass is 10.1. The Hall–Kier alpha value is -3.35. The van der Waals surface area contributed by atoms with Crippen LogP contribution in [0.3, 0.4) is 0 Å². The van der Waals surface area contributed by atoms with Crippen molar-refractivity contribution in [3.8, 4) is 11.5 Å². The highest BCUT2D eigenvalue weighted by Crippen LogP contribution is 2.28. The van der Waals surface area contributed by atoms with Crippen molar-refractivity contribution in [2.45, 2.75) is 6.92 Å². The summed E-state index contributed by atoms with van der Waals surface area (Å²) in [5, 5.41) is 13.5. The second-order valence-corrected chi connectivity index (χ2v) is 5.20. The van der Waals surface area contributed by atoms with Crippen molar-refractivity contribution in [3.05, 3.63) is 63.7 Å². The van der Waals surface area contributed by atoms with Gasteiger partial charge in [0.1, 0.15) is 0 Å². The Morgan fingerprint density at radius 1 is 1.12 bits per heavy atom. The number of anilines is 1. The number of nitro benzene ring substituents is 1. The third-order valence-corrected chi connectivity index (χ3v) is 3.50. The zero-order valence-electron chi connectivity index (χ0n) is 14.1. The summed E-state index contributed by atoms with van der Waals surface area (Å²) >= 11 is 0. The summed E-state index contributed by atoms with van der Waals surface area (Å²) in [7, 11) is 3.09. The molecule has 0 aromatic heterocycles. The molecule has 0 atom stereocenters. The van der Waals surface area contributed by atoms with Gasteiger partial charge in [0, 0.05) is 23.4 Å². The van der Waals surface area contributed by atoms with Crippen LogP contribution >= 0.6 is 0 Å². The maximum absolute atomic E-state index is 12.0. The van der Waals surface area contributed by atoms with Gasteiger partial charge >= 0.3 is 0 Å². The van der Waals surface area contributed by atoms with E-state index >= 15 is 0 Å². The monoisotopic (exact) mass is 342 g/mol. The summed E-state index contributed by atoms with van der Waals surface area (Å²) in [5.41, 5.74) is 1.75. The van der Waals surface area contributed by atoms with E-state index in [2.05, 4.69) is 5.32 Å². The first-order valence-corrected chi connectivity index (χ1v) is 7.40. The minimum Gasteiger partial charge on any atom is -0.493 e. The van der Waals surface area contributed by atoms with Gasteiger partial charge in [-0.05, 0) is 42.8 Å². The molecule has 0 aliphatic heterocycles. The molecule has 7 heteroatoms. The number of hydrogen-bond donors (Lipinski definition) is 1. The van der Waals surface area contributed by atoms with Gasteiger partial charge < -0.3 is 14.8 Å². The van der Waals surface area contributed by atoms with E-state index in [1.54, 1.807) is 44.4 Å². The third kappa shape index (κ3) is 4.57. The number of amides is 1. The Morgan fingerprint density at radius 3 is 2.44 bits per heavy atom. The summed E-state index contributed by atoms with van der Waals surface area (Å²) in [4.78, 5) is 22.3. The first-order chi connectivity index (χ1) is 11.9. The second kappa shape index (κ2) is 7.96. The molecule has 0 aliphatic rings. The number of carbonyl (C=O) groups is 1. The Kier molecular flexibility index (Phi) is 5.73. The quantitative estimate of drug-likeness (QED) is 0.492. The first kappa shape index (κ1) is 18.0. The molecule has 0 aliphatic carbocycles. The molecule has 2 aromatic carbocycles. The maximum Gasteiger partial charge on any atom is 0.272 e. The number of nitrogens with zero attached hydrogens (tertiary/aromatic N) is 1. The van der Waals surface area contributed by atoms with E-state index in [9.17, 15) is 14.9 Å². The van der Waals surface area contributed by atoms with E-state index in [-0.39, 0.29) is 11.6 Å². The van der Waals surface area contributed by atoms with E-state index in [0.29, 0.717) is 22.7 Å². The average Bonchev–Trinajstić information content (AvgIpc) is 2.59. The largest absolute Gasteiger partial charge is 0.493 e. The minimum atomic E-state index is -0.460. The summed E-state index contributed by atoms with van der Waals surface area (Å²) < 4.78 is 10.4. The lowest BCUT2D eigenvalue weighted by molar-refractivity contribution is -0.385. The van der Waals surface area contributed by atoms with Gasteiger partial charge in [-0.25, -0.2) is 0 Å². The molecule has 0 saturated heterocycles. The Labute approximate surface area is 145 Å². The number of ether oxygens (including phenoxy) is 2. The number of methoxy groups -OCH3 is 2. The first-order valence-electron chi connectivity index (χ1n) is 7.40. The van der Waals surface area contributed by atoms with E-state index in [1.165, 1.54) is 25.3 Å². The van der Waals surface area contributed by atoms with Crippen LogP contribution in [0.25, 0.3) is 6.08 Å². The number of carbonyl (C=O) groups excluding carboxylic acids is 1. The fourth-order valence-corrected chi connectivity index (χ4v) is 2.25. The highest BCUT2D eigenvalue weighted by molar-refractivity contribution is 6.02. The topological polar surface area (TPSA) is 90.7 Å². The zero-order chi connectivity index (χ0) is 18.4. The molecule has 0 spiro atoms.